The molecule has 4 nitrogen and oxygen atoms in total. The fourth-order valence-corrected chi connectivity index (χ4v) is 1.20. The summed E-state index contributed by atoms with van der Waals surface area (Å²) < 4.78 is 12.8. The first-order chi connectivity index (χ1) is 7.27. The monoisotopic (exact) mass is 205 g/mol. The topological polar surface area (TPSA) is 58.9 Å². The van der Waals surface area contributed by atoms with Crippen molar-refractivity contribution >= 4 is 0 Å². The van der Waals surface area contributed by atoms with Gasteiger partial charge in [-0.1, -0.05) is 0 Å². The third-order valence-electron chi connectivity index (χ3n) is 1.91. The lowest BCUT2D eigenvalue weighted by Gasteiger charge is -2.08. The van der Waals surface area contributed by atoms with Crippen LogP contribution in [0.4, 0.5) is 4.39 Å². The number of hydrogen-bond acceptors (Lipinski definition) is 4. The maximum absolute atomic E-state index is 12.8. The van der Waals surface area contributed by atoms with Crippen LogP contribution in [0.5, 0.6) is 0 Å². The predicted molar refractivity (Wildman–Crippen MR) is 50.3 cm³/mol. The molecule has 2 aromatic heterocycles. The molecule has 0 saturated carbocycles. The molecule has 0 radical (unpaired) electrons. The Labute approximate surface area is 85.5 Å². The van der Waals surface area contributed by atoms with Crippen LogP contribution in [0.3, 0.4) is 0 Å². The summed E-state index contributed by atoms with van der Waals surface area (Å²) in [6, 6.07) is 1.21. The average Bonchev–Trinajstić information content (AvgIpc) is 2.29. The predicted octanol–water partition coefficient (Wildman–Crippen LogP) is 1.09. The summed E-state index contributed by atoms with van der Waals surface area (Å²) in [6.45, 7) is 0. The summed E-state index contributed by atoms with van der Waals surface area (Å²) in [5, 5.41) is 9.81. The van der Waals surface area contributed by atoms with Gasteiger partial charge >= 0.3 is 0 Å². The lowest BCUT2D eigenvalue weighted by atomic mass is 10.1. The number of aliphatic hydroxyl groups excluding tert-OH is 1. The fraction of sp³-hybridized carbons (Fsp3) is 0.100. The van der Waals surface area contributed by atoms with Gasteiger partial charge < -0.3 is 5.11 Å². The molecule has 0 bridgehead atoms. The van der Waals surface area contributed by atoms with Crippen LogP contribution in [0.1, 0.15) is 17.4 Å². The zero-order valence-electron chi connectivity index (χ0n) is 7.71. The molecule has 0 aromatic carbocycles. The summed E-state index contributed by atoms with van der Waals surface area (Å²) in [6.07, 6.45) is 5.86. The molecule has 0 aliphatic heterocycles. The molecule has 0 saturated heterocycles. The van der Waals surface area contributed by atoms with Crippen molar-refractivity contribution in [2.45, 2.75) is 6.10 Å². The fourth-order valence-electron chi connectivity index (χ4n) is 1.20. The Hall–Kier alpha value is -1.88. The number of aromatic nitrogens is 3. The van der Waals surface area contributed by atoms with E-state index < -0.39 is 11.9 Å². The molecule has 2 heterocycles. The quantitative estimate of drug-likeness (QED) is 0.797. The van der Waals surface area contributed by atoms with Gasteiger partial charge in [-0.15, -0.1) is 0 Å². The number of halogens is 1. The van der Waals surface area contributed by atoms with Crippen LogP contribution in [0, 0.1) is 5.82 Å². The highest BCUT2D eigenvalue weighted by atomic mass is 19.1. The zero-order valence-corrected chi connectivity index (χ0v) is 7.71. The smallest absolute Gasteiger partial charge is 0.141 e. The molecule has 0 amide bonds. The molecule has 1 atom stereocenters. The Kier molecular flexibility index (Phi) is 2.64. The minimum absolute atomic E-state index is 0.357. The number of pyridine rings is 1. The molecule has 1 unspecified atom stereocenters. The van der Waals surface area contributed by atoms with E-state index in [9.17, 15) is 9.50 Å². The maximum Gasteiger partial charge on any atom is 0.141 e. The van der Waals surface area contributed by atoms with Gasteiger partial charge in [-0.05, 0) is 6.07 Å². The van der Waals surface area contributed by atoms with Crippen molar-refractivity contribution in [1.82, 2.24) is 15.0 Å². The highest BCUT2D eigenvalue weighted by molar-refractivity contribution is 5.21. The Bertz CT molecular complexity index is 449. The second kappa shape index (κ2) is 4.10. The molecular formula is C10H8FN3O. The molecule has 5 heteroatoms. The van der Waals surface area contributed by atoms with E-state index in [-0.39, 0.29) is 0 Å². The summed E-state index contributed by atoms with van der Waals surface area (Å²) in [7, 11) is 0. The Balaban J connectivity index is 2.32. The highest BCUT2D eigenvalue weighted by Gasteiger charge is 2.12. The van der Waals surface area contributed by atoms with Crippen LogP contribution >= 0.6 is 0 Å². The van der Waals surface area contributed by atoms with Crippen molar-refractivity contribution in [2.24, 2.45) is 0 Å². The van der Waals surface area contributed by atoms with Gasteiger partial charge in [0.2, 0.25) is 0 Å². The lowest BCUT2D eigenvalue weighted by Crippen LogP contribution is -2.03. The number of aliphatic hydroxyl groups is 1. The van der Waals surface area contributed by atoms with Crippen molar-refractivity contribution in [3.8, 4) is 0 Å². The Morgan fingerprint density at radius 1 is 1.13 bits per heavy atom. The molecule has 76 valence electrons. The van der Waals surface area contributed by atoms with E-state index in [0.717, 1.165) is 6.20 Å². The number of rotatable bonds is 2. The largest absolute Gasteiger partial charge is 0.382 e. The third-order valence-corrected chi connectivity index (χ3v) is 1.91. The van der Waals surface area contributed by atoms with Crippen LogP contribution in [0.25, 0.3) is 0 Å². The highest BCUT2D eigenvalue weighted by Crippen LogP contribution is 2.18. The van der Waals surface area contributed by atoms with E-state index in [1.807, 2.05) is 0 Å². The second-order valence-electron chi connectivity index (χ2n) is 2.97. The first kappa shape index (κ1) is 9.67. The van der Waals surface area contributed by atoms with Gasteiger partial charge in [0, 0.05) is 24.2 Å². The molecule has 2 rings (SSSR count). The lowest BCUT2D eigenvalue weighted by molar-refractivity contribution is 0.214. The van der Waals surface area contributed by atoms with Gasteiger partial charge in [-0.3, -0.25) is 15.0 Å². The summed E-state index contributed by atoms with van der Waals surface area (Å²) in [5.41, 5.74) is 0.723. The van der Waals surface area contributed by atoms with E-state index in [1.54, 1.807) is 0 Å². The van der Waals surface area contributed by atoms with Crippen LogP contribution in [0.2, 0.25) is 0 Å². The van der Waals surface area contributed by atoms with Crippen molar-refractivity contribution < 1.29 is 9.50 Å². The molecule has 15 heavy (non-hydrogen) atoms. The van der Waals surface area contributed by atoms with Crippen LogP contribution in [-0.4, -0.2) is 20.1 Å². The minimum Gasteiger partial charge on any atom is -0.382 e. The van der Waals surface area contributed by atoms with Gasteiger partial charge in [-0.25, -0.2) is 4.39 Å². The molecule has 0 aliphatic carbocycles. The van der Waals surface area contributed by atoms with Gasteiger partial charge in [0.1, 0.15) is 11.9 Å². The normalized spacial score (nSPS) is 12.4. The van der Waals surface area contributed by atoms with E-state index in [2.05, 4.69) is 15.0 Å². The minimum atomic E-state index is -0.998. The number of hydrogen-bond donors (Lipinski definition) is 1. The summed E-state index contributed by atoms with van der Waals surface area (Å²) in [5.74, 6) is -0.490. The van der Waals surface area contributed by atoms with E-state index >= 15 is 0 Å². The van der Waals surface area contributed by atoms with Crippen molar-refractivity contribution in [3.63, 3.8) is 0 Å². The van der Waals surface area contributed by atoms with E-state index in [1.165, 1.54) is 30.9 Å². The van der Waals surface area contributed by atoms with Gasteiger partial charge in [-0.2, -0.15) is 0 Å². The Morgan fingerprint density at radius 3 is 2.67 bits per heavy atom. The SMILES string of the molecule is OC(c1cncc(F)c1)c1cnccn1. The molecule has 0 aliphatic rings. The van der Waals surface area contributed by atoms with E-state index in [0.29, 0.717) is 11.3 Å². The van der Waals surface area contributed by atoms with Gasteiger partial charge in [0.05, 0.1) is 18.1 Å². The van der Waals surface area contributed by atoms with Crippen molar-refractivity contribution in [1.29, 1.82) is 0 Å². The average molecular weight is 205 g/mol. The molecule has 0 fully saturated rings. The zero-order chi connectivity index (χ0) is 10.7. The van der Waals surface area contributed by atoms with E-state index in [4.69, 9.17) is 0 Å². The van der Waals surface area contributed by atoms with Crippen molar-refractivity contribution in [3.05, 3.63) is 54.1 Å². The molecule has 2 aromatic rings. The maximum atomic E-state index is 12.8. The number of nitrogens with zero attached hydrogens (tertiary/aromatic N) is 3. The standard InChI is InChI=1S/C10H8FN3O/c11-8-3-7(4-13-5-8)10(15)9-6-12-1-2-14-9/h1-6,10,15H. The second-order valence-corrected chi connectivity index (χ2v) is 2.97. The third kappa shape index (κ3) is 2.13. The summed E-state index contributed by atoms with van der Waals surface area (Å²) >= 11 is 0. The van der Waals surface area contributed by atoms with Crippen LogP contribution in [0.15, 0.2) is 37.1 Å². The Morgan fingerprint density at radius 2 is 2.00 bits per heavy atom. The molecule has 0 spiro atoms. The summed E-state index contributed by atoms with van der Waals surface area (Å²) in [4.78, 5) is 11.4. The van der Waals surface area contributed by atoms with Gasteiger partial charge in [0.15, 0.2) is 0 Å². The van der Waals surface area contributed by atoms with Crippen molar-refractivity contribution in [2.75, 3.05) is 0 Å². The van der Waals surface area contributed by atoms with Gasteiger partial charge in [0.25, 0.3) is 0 Å². The first-order valence-electron chi connectivity index (χ1n) is 4.32. The molecule has 1 N–H and O–H groups in total. The first-order valence-corrected chi connectivity index (χ1v) is 4.32. The van der Waals surface area contributed by atoms with Crippen LogP contribution < -0.4 is 0 Å². The molecular weight excluding hydrogens is 197 g/mol. The van der Waals surface area contributed by atoms with Crippen LogP contribution in [-0.2, 0) is 0 Å².